The first-order chi connectivity index (χ1) is 7.64. The lowest BCUT2D eigenvalue weighted by Crippen LogP contribution is -2.31. The molecule has 2 rings (SSSR count). The molecule has 0 bridgehead atoms. The van der Waals surface area contributed by atoms with Gasteiger partial charge in [-0.25, -0.2) is 0 Å². The van der Waals surface area contributed by atoms with E-state index in [2.05, 4.69) is 12.0 Å². The third-order valence-electron chi connectivity index (χ3n) is 3.87. The molecule has 0 aliphatic heterocycles. The van der Waals surface area contributed by atoms with Gasteiger partial charge in [0.25, 0.3) is 0 Å². The highest BCUT2D eigenvalue weighted by Crippen LogP contribution is 2.40. The molecular formula is C13H22N2O. The van der Waals surface area contributed by atoms with Crippen LogP contribution in [0.2, 0.25) is 0 Å². The van der Waals surface area contributed by atoms with Gasteiger partial charge in [0.15, 0.2) is 0 Å². The van der Waals surface area contributed by atoms with Crippen LogP contribution < -0.4 is 0 Å². The number of aliphatic hydroxyl groups is 1. The molecule has 1 heterocycles. The van der Waals surface area contributed by atoms with Crippen LogP contribution in [0.4, 0.5) is 0 Å². The molecule has 1 N–H and O–H groups in total. The lowest BCUT2D eigenvalue weighted by molar-refractivity contribution is -0.0152. The highest BCUT2D eigenvalue weighted by Gasteiger charge is 2.35. The molecule has 0 atom stereocenters. The van der Waals surface area contributed by atoms with E-state index < -0.39 is 5.60 Å². The van der Waals surface area contributed by atoms with Gasteiger partial charge < -0.3 is 5.11 Å². The molecule has 90 valence electrons. The van der Waals surface area contributed by atoms with Crippen LogP contribution in [0.5, 0.6) is 0 Å². The number of rotatable bonds is 3. The molecule has 1 saturated carbocycles. The van der Waals surface area contributed by atoms with E-state index in [-0.39, 0.29) is 0 Å². The van der Waals surface area contributed by atoms with E-state index in [0.717, 1.165) is 37.2 Å². The van der Waals surface area contributed by atoms with Crippen molar-refractivity contribution < 1.29 is 5.11 Å². The van der Waals surface area contributed by atoms with Gasteiger partial charge in [-0.2, -0.15) is 5.10 Å². The maximum atomic E-state index is 10.6. The van der Waals surface area contributed by atoms with Crippen molar-refractivity contribution in [1.82, 2.24) is 9.78 Å². The smallest absolute Gasteiger partial charge is 0.0927 e. The van der Waals surface area contributed by atoms with Crippen molar-refractivity contribution >= 4 is 0 Å². The summed E-state index contributed by atoms with van der Waals surface area (Å²) < 4.78 is 1.77. The van der Waals surface area contributed by atoms with Crippen molar-refractivity contribution in [3.05, 3.63) is 18.0 Å². The van der Waals surface area contributed by atoms with Gasteiger partial charge in [-0.15, -0.1) is 0 Å². The Morgan fingerprint density at radius 1 is 1.50 bits per heavy atom. The highest BCUT2D eigenvalue weighted by molar-refractivity contribution is 5.16. The monoisotopic (exact) mass is 222 g/mol. The van der Waals surface area contributed by atoms with Crippen LogP contribution >= 0.6 is 0 Å². The maximum Gasteiger partial charge on any atom is 0.0927 e. The largest absolute Gasteiger partial charge is 0.385 e. The van der Waals surface area contributed by atoms with Gasteiger partial charge in [0.1, 0.15) is 0 Å². The van der Waals surface area contributed by atoms with Crippen molar-refractivity contribution in [1.29, 1.82) is 0 Å². The van der Waals surface area contributed by atoms with Crippen molar-refractivity contribution in [2.45, 2.75) is 51.0 Å². The van der Waals surface area contributed by atoms with E-state index in [9.17, 15) is 5.11 Å². The third-order valence-corrected chi connectivity index (χ3v) is 3.87. The van der Waals surface area contributed by atoms with Gasteiger partial charge in [0, 0.05) is 18.8 Å². The molecule has 1 aromatic rings. The first kappa shape index (κ1) is 11.6. The van der Waals surface area contributed by atoms with Gasteiger partial charge in [-0.1, -0.05) is 19.8 Å². The zero-order valence-electron chi connectivity index (χ0n) is 10.3. The second-order valence-corrected chi connectivity index (χ2v) is 5.17. The van der Waals surface area contributed by atoms with Gasteiger partial charge in [-0.05, 0) is 31.6 Å². The summed E-state index contributed by atoms with van der Waals surface area (Å²) in [5.74, 6) is 0.821. The van der Waals surface area contributed by atoms with E-state index in [1.807, 2.05) is 13.2 Å². The molecule has 3 heteroatoms. The molecule has 0 amide bonds. The molecule has 0 radical (unpaired) electrons. The topological polar surface area (TPSA) is 38.1 Å². The Labute approximate surface area is 97.5 Å². The zero-order chi connectivity index (χ0) is 11.6. The quantitative estimate of drug-likeness (QED) is 0.853. The molecule has 0 saturated heterocycles. The lowest BCUT2D eigenvalue weighted by atomic mass is 9.75. The van der Waals surface area contributed by atoms with Crippen molar-refractivity contribution in [2.75, 3.05) is 0 Å². The van der Waals surface area contributed by atoms with Crippen LogP contribution in [0.3, 0.4) is 0 Å². The Bertz CT molecular complexity index is 337. The summed E-state index contributed by atoms with van der Waals surface area (Å²) in [5.41, 5.74) is 0.378. The average Bonchev–Trinajstić information content (AvgIpc) is 2.70. The fourth-order valence-electron chi connectivity index (χ4n) is 2.80. The molecule has 1 aliphatic carbocycles. The Balaban J connectivity index is 2.01. The van der Waals surface area contributed by atoms with Crippen LogP contribution in [-0.2, 0) is 12.6 Å². The fraction of sp³-hybridized carbons (Fsp3) is 0.769. The van der Waals surface area contributed by atoms with Crippen LogP contribution in [0.1, 0.15) is 51.0 Å². The third kappa shape index (κ3) is 2.29. The van der Waals surface area contributed by atoms with Crippen LogP contribution in [0, 0.1) is 5.92 Å². The van der Waals surface area contributed by atoms with Crippen LogP contribution in [0.15, 0.2) is 12.4 Å². The maximum absolute atomic E-state index is 10.6. The fourth-order valence-corrected chi connectivity index (χ4v) is 2.80. The second kappa shape index (κ2) is 4.58. The van der Waals surface area contributed by atoms with Crippen molar-refractivity contribution in [3.8, 4) is 0 Å². The molecule has 1 aliphatic rings. The summed E-state index contributed by atoms with van der Waals surface area (Å²) >= 11 is 0. The number of hydrogen-bond donors (Lipinski definition) is 1. The minimum atomic E-state index is -0.613. The minimum Gasteiger partial charge on any atom is -0.385 e. The number of aryl methyl sites for hydroxylation is 1. The molecule has 3 nitrogen and oxygen atoms in total. The number of hydrogen-bond acceptors (Lipinski definition) is 2. The van der Waals surface area contributed by atoms with E-state index in [4.69, 9.17) is 0 Å². The van der Waals surface area contributed by atoms with E-state index in [0.29, 0.717) is 0 Å². The zero-order valence-corrected chi connectivity index (χ0v) is 10.3. The predicted molar refractivity (Wildman–Crippen MR) is 64.0 cm³/mol. The predicted octanol–water partition coefficient (Wildman–Crippen LogP) is 2.60. The summed E-state index contributed by atoms with van der Waals surface area (Å²) in [6.07, 6.45) is 10.4. The summed E-state index contributed by atoms with van der Waals surface area (Å²) in [6, 6.07) is 0. The van der Waals surface area contributed by atoms with Crippen LogP contribution in [0.25, 0.3) is 0 Å². The number of nitrogens with zero attached hydrogens (tertiary/aromatic N) is 2. The molecule has 1 fully saturated rings. The number of aromatic nitrogens is 2. The Morgan fingerprint density at radius 3 is 2.69 bits per heavy atom. The molecule has 0 unspecified atom stereocenters. The molecule has 16 heavy (non-hydrogen) atoms. The average molecular weight is 222 g/mol. The Hall–Kier alpha value is -0.830. The van der Waals surface area contributed by atoms with Crippen molar-refractivity contribution in [2.24, 2.45) is 13.0 Å². The van der Waals surface area contributed by atoms with Crippen molar-refractivity contribution in [3.63, 3.8) is 0 Å². The molecule has 0 spiro atoms. The van der Waals surface area contributed by atoms with Crippen LogP contribution in [-0.4, -0.2) is 14.9 Å². The van der Waals surface area contributed by atoms with E-state index in [1.165, 1.54) is 12.8 Å². The SMILES string of the molecule is CCCC1CCC(O)(c2cnn(C)c2)CC1. The molecule has 0 aromatic carbocycles. The summed E-state index contributed by atoms with van der Waals surface area (Å²) in [4.78, 5) is 0. The summed E-state index contributed by atoms with van der Waals surface area (Å²) in [5, 5.41) is 14.7. The molecular weight excluding hydrogens is 200 g/mol. The first-order valence-electron chi connectivity index (χ1n) is 6.35. The van der Waals surface area contributed by atoms with Gasteiger partial charge in [0.05, 0.1) is 11.8 Å². The van der Waals surface area contributed by atoms with E-state index >= 15 is 0 Å². The second-order valence-electron chi connectivity index (χ2n) is 5.17. The normalized spacial score (nSPS) is 30.6. The standard InChI is InChI=1S/C13H22N2O/c1-3-4-11-5-7-13(16,8-6-11)12-9-14-15(2)10-12/h9-11,16H,3-8H2,1-2H3. The Kier molecular flexibility index (Phi) is 3.33. The Morgan fingerprint density at radius 2 is 2.19 bits per heavy atom. The highest BCUT2D eigenvalue weighted by atomic mass is 16.3. The summed E-state index contributed by atoms with van der Waals surface area (Å²) in [6.45, 7) is 2.24. The van der Waals surface area contributed by atoms with Gasteiger partial charge in [0.2, 0.25) is 0 Å². The lowest BCUT2D eigenvalue weighted by Gasteiger charge is -2.35. The van der Waals surface area contributed by atoms with Gasteiger partial charge in [-0.3, -0.25) is 4.68 Å². The molecule has 1 aromatic heterocycles. The van der Waals surface area contributed by atoms with E-state index in [1.54, 1.807) is 10.9 Å². The van der Waals surface area contributed by atoms with Gasteiger partial charge >= 0.3 is 0 Å². The summed E-state index contributed by atoms with van der Waals surface area (Å²) in [7, 11) is 1.90. The first-order valence-corrected chi connectivity index (χ1v) is 6.35. The minimum absolute atomic E-state index is 0.613.